The molecule has 3 rings (SSSR count). The number of imide groups is 1. The van der Waals surface area contributed by atoms with Crippen LogP contribution in [-0.2, 0) is 0 Å². The highest BCUT2D eigenvalue weighted by Crippen LogP contribution is 2.27. The smallest absolute Gasteiger partial charge is 0.326 e. The second kappa shape index (κ2) is 9.45. The van der Waals surface area contributed by atoms with Crippen molar-refractivity contribution in [3.8, 4) is 0 Å². The lowest BCUT2D eigenvalue weighted by Crippen LogP contribution is -2.34. The molecule has 0 spiro atoms. The number of nitrogens with one attached hydrogen (secondary N) is 2. The van der Waals surface area contributed by atoms with Gasteiger partial charge < -0.3 is 10.2 Å². The summed E-state index contributed by atoms with van der Waals surface area (Å²) in [6.45, 7) is 2.82. The number of benzene rings is 3. The Kier molecular flexibility index (Phi) is 6.75. The van der Waals surface area contributed by atoms with Gasteiger partial charge >= 0.3 is 6.03 Å². The summed E-state index contributed by atoms with van der Waals surface area (Å²) in [5, 5.41) is 5.88. The quantitative estimate of drug-likeness (QED) is 0.515. The van der Waals surface area contributed by atoms with E-state index in [4.69, 9.17) is 23.2 Å². The maximum atomic E-state index is 12.2. The van der Waals surface area contributed by atoms with Crippen molar-refractivity contribution in [1.29, 1.82) is 0 Å². The van der Waals surface area contributed by atoms with Crippen molar-refractivity contribution >= 4 is 52.2 Å². The predicted octanol–water partition coefficient (Wildman–Crippen LogP) is 6.11. The van der Waals surface area contributed by atoms with E-state index in [0.29, 0.717) is 10.7 Å². The Hall–Kier alpha value is -3.02. The van der Waals surface area contributed by atoms with E-state index in [1.165, 1.54) is 0 Å². The fraction of sp³-hybridized carbons (Fsp3) is 0.0909. The fourth-order valence-corrected chi connectivity index (χ4v) is 3.19. The van der Waals surface area contributed by atoms with Crippen LogP contribution in [0.2, 0.25) is 10.0 Å². The molecule has 0 saturated heterocycles. The Bertz CT molecular complexity index is 1010. The number of halogens is 2. The molecular weight excluding hydrogens is 409 g/mol. The number of nitrogens with zero attached hydrogens (tertiary/aromatic N) is 1. The minimum absolute atomic E-state index is 0.237. The Morgan fingerprint density at radius 1 is 0.862 bits per heavy atom. The molecular formula is C22H19Cl2N3O2. The van der Waals surface area contributed by atoms with Crippen LogP contribution in [0.25, 0.3) is 0 Å². The molecule has 0 saturated carbocycles. The van der Waals surface area contributed by atoms with Gasteiger partial charge in [-0.3, -0.25) is 10.1 Å². The summed E-state index contributed by atoms with van der Waals surface area (Å²) in [4.78, 5) is 26.4. The average Bonchev–Trinajstić information content (AvgIpc) is 2.71. The molecule has 3 amide bonds. The SMILES string of the molecule is CCN(c1ccc(Cl)cc1)c1ccc(NC(=O)NC(=O)c2ccccc2Cl)cc1. The summed E-state index contributed by atoms with van der Waals surface area (Å²) in [5.74, 6) is -0.565. The minimum atomic E-state index is -0.632. The number of rotatable bonds is 5. The zero-order valence-corrected chi connectivity index (χ0v) is 17.2. The zero-order valence-electron chi connectivity index (χ0n) is 15.7. The predicted molar refractivity (Wildman–Crippen MR) is 119 cm³/mol. The van der Waals surface area contributed by atoms with Gasteiger partial charge in [-0.05, 0) is 67.6 Å². The highest BCUT2D eigenvalue weighted by Gasteiger charge is 2.13. The normalized spacial score (nSPS) is 10.3. The lowest BCUT2D eigenvalue weighted by Gasteiger charge is -2.23. The molecule has 0 radical (unpaired) electrons. The molecule has 29 heavy (non-hydrogen) atoms. The molecule has 0 heterocycles. The van der Waals surface area contributed by atoms with Gasteiger partial charge in [-0.1, -0.05) is 35.3 Å². The van der Waals surface area contributed by atoms with Gasteiger partial charge in [0.15, 0.2) is 0 Å². The number of urea groups is 1. The zero-order chi connectivity index (χ0) is 20.8. The highest BCUT2D eigenvalue weighted by atomic mass is 35.5. The Morgan fingerprint density at radius 3 is 2.03 bits per heavy atom. The topological polar surface area (TPSA) is 61.4 Å². The molecule has 0 unspecified atom stereocenters. The Labute approximate surface area is 179 Å². The lowest BCUT2D eigenvalue weighted by atomic mass is 10.2. The molecule has 0 aliphatic rings. The molecule has 5 nitrogen and oxygen atoms in total. The van der Waals surface area contributed by atoms with E-state index in [1.54, 1.807) is 36.4 Å². The first-order valence-electron chi connectivity index (χ1n) is 8.98. The van der Waals surface area contributed by atoms with Crippen molar-refractivity contribution in [2.24, 2.45) is 0 Å². The van der Waals surface area contributed by atoms with Gasteiger partial charge in [0.1, 0.15) is 0 Å². The molecule has 0 aromatic heterocycles. The summed E-state index contributed by atoms with van der Waals surface area (Å²) in [7, 11) is 0. The first-order valence-corrected chi connectivity index (χ1v) is 9.73. The first kappa shape index (κ1) is 20.7. The number of hydrogen-bond acceptors (Lipinski definition) is 3. The van der Waals surface area contributed by atoms with E-state index < -0.39 is 11.9 Å². The van der Waals surface area contributed by atoms with E-state index in [0.717, 1.165) is 17.9 Å². The molecule has 0 aliphatic carbocycles. The van der Waals surface area contributed by atoms with Crippen LogP contribution < -0.4 is 15.5 Å². The van der Waals surface area contributed by atoms with Crippen LogP contribution in [0.3, 0.4) is 0 Å². The summed E-state index contributed by atoms with van der Waals surface area (Å²) in [6.07, 6.45) is 0. The molecule has 7 heteroatoms. The third-order valence-electron chi connectivity index (χ3n) is 4.24. The van der Waals surface area contributed by atoms with Crippen LogP contribution in [0.15, 0.2) is 72.8 Å². The second-order valence-electron chi connectivity index (χ2n) is 6.16. The summed E-state index contributed by atoms with van der Waals surface area (Å²) < 4.78 is 0. The van der Waals surface area contributed by atoms with Gasteiger partial charge in [0.2, 0.25) is 0 Å². The summed E-state index contributed by atoms with van der Waals surface area (Å²) in [5.41, 5.74) is 2.78. The second-order valence-corrected chi connectivity index (χ2v) is 7.00. The van der Waals surface area contributed by atoms with Crippen LogP contribution in [-0.4, -0.2) is 18.5 Å². The van der Waals surface area contributed by atoms with Gasteiger partial charge in [-0.15, -0.1) is 0 Å². The molecule has 0 bridgehead atoms. The molecule has 3 aromatic rings. The molecule has 0 fully saturated rings. The highest BCUT2D eigenvalue weighted by molar-refractivity contribution is 6.34. The fourth-order valence-electron chi connectivity index (χ4n) is 2.84. The van der Waals surface area contributed by atoms with Crippen LogP contribution in [0.4, 0.5) is 21.9 Å². The van der Waals surface area contributed by atoms with Crippen LogP contribution in [0.1, 0.15) is 17.3 Å². The average molecular weight is 428 g/mol. The van der Waals surface area contributed by atoms with Crippen molar-refractivity contribution in [1.82, 2.24) is 5.32 Å². The van der Waals surface area contributed by atoms with Gasteiger partial charge in [-0.25, -0.2) is 4.79 Å². The van der Waals surface area contributed by atoms with E-state index in [9.17, 15) is 9.59 Å². The Morgan fingerprint density at radius 2 is 1.45 bits per heavy atom. The number of hydrogen-bond donors (Lipinski definition) is 2. The van der Waals surface area contributed by atoms with E-state index in [1.807, 2.05) is 36.4 Å². The van der Waals surface area contributed by atoms with Gasteiger partial charge in [0.05, 0.1) is 10.6 Å². The number of amides is 3. The maximum absolute atomic E-state index is 12.2. The van der Waals surface area contributed by atoms with Crippen LogP contribution in [0.5, 0.6) is 0 Å². The van der Waals surface area contributed by atoms with Crippen molar-refractivity contribution in [3.63, 3.8) is 0 Å². The van der Waals surface area contributed by atoms with E-state index in [-0.39, 0.29) is 10.6 Å². The van der Waals surface area contributed by atoms with Gasteiger partial charge in [-0.2, -0.15) is 0 Å². The first-order chi connectivity index (χ1) is 14.0. The van der Waals surface area contributed by atoms with Crippen molar-refractivity contribution < 1.29 is 9.59 Å². The number of carbonyl (C=O) groups is 2. The maximum Gasteiger partial charge on any atom is 0.326 e. The lowest BCUT2D eigenvalue weighted by molar-refractivity contribution is 0.0967. The van der Waals surface area contributed by atoms with E-state index >= 15 is 0 Å². The number of anilines is 3. The van der Waals surface area contributed by atoms with Crippen LogP contribution in [0, 0.1) is 0 Å². The monoisotopic (exact) mass is 427 g/mol. The molecule has 0 aliphatic heterocycles. The summed E-state index contributed by atoms with van der Waals surface area (Å²) in [6, 6.07) is 20.8. The van der Waals surface area contributed by atoms with Gasteiger partial charge in [0.25, 0.3) is 5.91 Å². The number of carbonyl (C=O) groups excluding carboxylic acids is 2. The molecule has 3 aromatic carbocycles. The van der Waals surface area contributed by atoms with Gasteiger partial charge in [0, 0.05) is 28.6 Å². The summed E-state index contributed by atoms with van der Waals surface area (Å²) >= 11 is 11.9. The standard InChI is InChI=1S/C22H19Cl2N3O2/c1-2-27(17-11-7-15(23)8-12-17)18-13-9-16(10-14-18)25-22(29)26-21(28)19-5-3-4-6-20(19)24/h3-14H,2H2,1H3,(H2,25,26,28,29). The third-order valence-corrected chi connectivity index (χ3v) is 4.82. The van der Waals surface area contributed by atoms with Crippen molar-refractivity contribution in [2.45, 2.75) is 6.92 Å². The minimum Gasteiger partial charge on any atom is -0.342 e. The van der Waals surface area contributed by atoms with Crippen molar-refractivity contribution in [3.05, 3.63) is 88.4 Å². The van der Waals surface area contributed by atoms with Crippen molar-refractivity contribution in [2.75, 3.05) is 16.8 Å². The largest absolute Gasteiger partial charge is 0.342 e. The van der Waals surface area contributed by atoms with E-state index in [2.05, 4.69) is 22.5 Å². The Balaban J connectivity index is 1.65. The molecule has 2 N–H and O–H groups in total. The molecule has 148 valence electrons. The molecule has 0 atom stereocenters. The third kappa shape index (κ3) is 5.28. The van der Waals surface area contributed by atoms with Crippen LogP contribution >= 0.6 is 23.2 Å².